The molecule has 2 N–H and O–H groups in total. The number of amides is 2. The van der Waals surface area contributed by atoms with E-state index < -0.39 is 4.92 Å². The van der Waals surface area contributed by atoms with E-state index in [9.17, 15) is 14.9 Å². The number of hydrogen-bond donors (Lipinski definition) is 2. The molecule has 2 amide bonds. The number of carbonyl (C=O) groups excluding carboxylic acids is 1. The summed E-state index contributed by atoms with van der Waals surface area (Å²) in [6.45, 7) is 2.81. The van der Waals surface area contributed by atoms with Crippen molar-refractivity contribution in [1.29, 1.82) is 0 Å². The topological polar surface area (TPSA) is 87.5 Å². The first-order chi connectivity index (χ1) is 8.66. The average molecular weight is 250 g/mol. The van der Waals surface area contributed by atoms with Crippen LogP contribution in [0.5, 0.6) is 0 Å². The van der Waals surface area contributed by atoms with Crippen LogP contribution in [0, 0.1) is 10.1 Å². The second kappa shape index (κ2) is 5.46. The molecule has 2 rings (SSSR count). The lowest BCUT2D eigenvalue weighted by atomic mass is 10.3. The zero-order chi connectivity index (χ0) is 13.0. The molecule has 7 nitrogen and oxygen atoms in total. The minimum Gasteiger partial charge on any atom is -0.322 e. The monoisotopic (exact) mass is 250 g/mol. The number of nitro benzene ring substituents is 1. The van der Waals surface area contributed by atoms with Gasteiger partial charge in [0, 0.05) is 44.0 Å². The smallest absolute Gasteiger partial charge is 0.321 e. The number of piperazine rings is 1. The number of hydrogen-bond acceptors (Lipinski definition) is 4. The largest absolute Gasteiger partial charge is 0.322 e. The Kier molecular flexibility index (Phi) is 3.73. The van der Waals surface area contributed by atoms with E-state index >= 15 is 0 Å². The number of nitro groups is 1. The number of urea groups is 1. The second-order valence-corrected chi connectivity index (χ2v) is 3.97. The Balaban J connectivity index is 2.02. The van der Waals surface area contributed by atoms with Crippen molar-refractivity contribution in [2.24, 2.45) is 0 Å². The van der Waals surface area contributed by atoms with Gasteiger partial charge in [-0.15, -0.1) is 0 Å². The zero-order valence-electron chi connectivity index (χ0n) is 9.76. The summed E-state index contributed by atoms with van der Waals surface area (Å²) in [6.07, 6.45) is 0. The number of rotatable bonds is 2. The minimum absolute atomic E-state index is 0.0342. The third-order valence-corrected chi connectivity index (χ3v) is 2.71. The predicted molar refractivity (Wildman–Crippen MR) is 66.6 cm³/mol. The SMILES string of the molecule is O=C(Nc1cccc([N+](=O)[O-])c1)N1CCNCC1. The fourth-order valence-corrected chi connectivity index (χ4v) is 1.77. The summed E-state index contributed by atoms with van der Waals surface area (Å²) < 4.78 is 0. The first kappa shape index (κ1) is 12.3. The average Bonchev–Trinajstić information content (AvgIpc) is 2.40. The highest BCUT2D eigenvalue weighted by Gasteiger charge is 2.16. The van der Waals surface area contributed by atoms with E-state index in [0.717, 1.165) is 13.1 Å². The Hall–Kier alpha value is -2.15. The van der Waals surface area contributed by atoms with Crippen molar-refractivity contribution in [3.63, 3.8) is 0 Å². The summed E-state index contributed by atoms with van der Waals surface area (Å²) in [6, 6.07) is 5.69. The van der Waals surface area contributed by atoms with E-state index in [1.165, 1.54) is 12.1 Å². The van der Waals surface area contributed by atoms with Gasteiger partial charge >= 0.3 is 6.03 Å². The van der Waals surface area contributed by atoms with Gasteiger partial charge in [0.05, 0.1) is 4.92 Å². The van der Waals surface area contributed by atoms with Crippen LogP contribution < -0.4 is 10.6 Å². The van der Waals surface area contributed by atoms with Crippen LogP contribution >= 0.6 is 0 Å². The van der Waals surface area contributed by atoms with Gasteiger partial charge in [0.1, 0.15) is 0 Å². The van der Waals surface area contributed by atoms with Crippen molar-refractivity contribution < 1.29 is 9.72 Å². The number of non-ortho nitro benzene ring substituents is 1. The van der Waals surface area contributed by atoms with Gasteiger partial charge in [-0.2, -0.15) is 0 Å². The fourth-order valence-electron chi connectivity index (χ4n) is 1.77. The Morgan fingerprint density at radius 2 is 2.11 bits per heavy atom. The molecule has 0 atom stereocenters. The Morgan fingerprint density at radius 3 is 2.78 bits per heavy atom. The summed E-state index contributed by atoms with van der Waals surface area (Å²) >= 11 is 0. The lowest BCUT2D eigenvalue weighted by Gasteiger charge is -2.27. The van der Waals surface area contributed by atoms with Crippen molar-refractivity contribution in [1.82, 2.24) is 10.2 Å². The van der Waals surface area contributed by atoms with E-state index in [4.69, 9.17) is 0 Å². The molecule has 0 bridgehead atoms. The maximum absolute atomic E-state index is 11.9. The molecule has 0 radical (unpaired) electrons. The molecular formula is C11H14N4O3. The molecule has 1 aromatic rings. The molecule has 1 heterocycles. The maximum atomic E-state index is 11.9. The molecule has 1 aliphatic rings. The second-order valence-electron chi connectivity index (χ2n) is 3.97. The number of nitrogens with one attached hydrogen (secondary N) is 2. The third-order valence-electron chi connectivity index (χ3n) is 2.71. The van der Waals surface area contributed by atoms with E-state index in [1.807, 2.05) is 0 Å². The number of benzene rings is 1. The molecule has 1 fully saturated rings. The van der Waals surface area contributed by atoms with E-state index in [1.54, 1.807) is 17.0 Å². The van der Waals surface area contributed by atoms with Crippen molar-refractivity contribution in [3.05, 3.63) is 34.4 Å². The van der Waals surface area contributed by atoms with E-state index in [0.29, 0.717) is 18.8 Å². The molecule has 1 aromatic carbocycles. The highest BCUT2D eigenvalue weighted by molar-refractivity contribution is 5.89. The van der Waals surface area contributed by atoms with E-state index in [2.05, 4.69) is 10.6 Å². The molecule has 1 saturated heterocycles. The Morgan fingerprint density at radius 1 is 1.39 bits per heavy atom. The number of carbonyl (C=O) groups is 1. The van der Waals surface area contributed by atoms with Crippen LogP contribution in [0.1, 0.15) is 0 Å². The summed E-state index contributed by atoms with van der Waals surface area (Å²) in [7, 11) is 0. The lowest BCUT2D eigenvalue weighted by Crippen LogP contribution is -2.48. The van der Waals surface area contributed by atoms with Crippen LogP contribution in [0.3, 0.4) is 0 Å². The molecule has 96 valence electrons. The first-order valence-corrected chi connectivity index (χ1v) is 5.68. The van der Waals surface area contributed by atoms with Crippen LogP contribution in [0.4, 0.5) is 16.2 Å². The van der Waals surface area contributed by atoms with Gasteiger partial charge in [0.15, 0.2) is 0 Å². The Bertz CT molecular complexity index is 457. The maximum Gasteiger partial charge on any atom is 0.321 e. The fraction of sp³-hybridized carbons (Fsp3) is 0.364. The van der Waals surface area contributed by atoms with Gasteiger partial charge in [-0.3, -0.25) is 10.1 Å². The van der Waals surface area contributed by atoms with E-state index in [-0.39, 0.29) is 11.7 Å². The molecule has 0 unspecified atom stereocenters. The standard InChI is InChI=1S/C11H14N4O3/c16-11(14-6-4-12-5-7-14)13-9-2-1-3-10(8-9)15(17)18/h1-3,8,12H,4-7H2,(H,13,16). The Labute approximate surface area is 104 Å². The predicted octanol–water partition coefficient (Wildman–Crippen LogP) is 1.03. The van der Waals surface area contributed by atoms with Gasteiger partial charge in [-0.25, -0.2) is 4.79 Å². The van der Waals surface area contributed by atoms with Gasteiger partial charge in [0.25, 0.3) is 5.69 Å². The first-order valence-electron chi connectivity index (χ1n) is 5.68. The molecule has 0 spiro atoms. The van der Waals surface area contributed by atoms with Gasteiger partial charge in [0.2, 0.25) is 0 Å². The zero-order valence-corrected chi connectivity index (χ0v) is 9.76. The number of nitrogens with zero attached hydrogens (tertiary/aromatic N) is 2. The van der Waals surface area contributed by atoms with Gasteiger partial charge in [-0.1, -0.05) is 6.07 Å². The van der Waals surface area contributed by atoms with Gasteiger partial charge < -0.3 is 15.5 Å². The minimum atomic E-state index is -0.486. The number of anilines is 1. The van der Waals surface area contributed by atoms with Crippen LogP contribution in [0.15, 0.2) is 24.3 Å². The lowest BCUT2D eigenvalue weighted by molar-refractivity contribution is -0.384. The van der Waals surface area contributed by atoms with Crippen molar-refractivity contribution in [2.75, 3.05) is 31.5 Å². The molecule has 0 saturated carbocycles. The molecule has 7 heteroatoms. The normalized spacial score (nSPS) is 15.2. The van der Waals surface area contributed by atoms with Gasteiger partial charge in [-0.05, 0) is 6.07 Å². The van der Waals surface area contributed by atoms with Crippen molar-refractivity contribution in [2.45, 2.75) is 0 Å². The van der Waals surface area contributed by atoms with Crippen molar-refractivity contribution >= 4 is 17.4 Å². The summed E-state index contributed by atoms with van der Waals surface area (Å²) in [5, 5.41) is 16.4. The summed E-state index contributed by atoms with van der Waals surface area (Å²) in [5.74, 6) is 0. The van der Waals surface area contributed by atoms with Crippen LogP contribution in [0.25, 0.3) is 0 Å². The van der Waals surface area contributed by atoms with Crippen molar-refractivity contribution in [3.8, 4) is 0 Å². The summed E-state index contributed by atoms with van der Waals surface area (Å²) in [4.78, 5) is 23.7. The molecule has 1 aliphatic heterocycles. The molecular weight excluding hydrogens is 236 g/mol. The molecule has 0 aliphatic carbocycles. The third kappa shape index (κ3) is 2.95. The van der Waals surface area contributed by atoms with Crippen LogP contribution in [-0.4, -0.2) is 42.0 Å². The van der Waals surface area contributed by atoms with Crippen LogP contribution in [-0.2, 0) is 0 Å². The highest BCUT2D eigenvalue weighted by atomic mass is 16.6. The quantitative estimate of drug-likeness (QED) is 0.606. The molecule has 0 aromatic heterocycles. The van der Waals surface area contributed by atoms with Crippen LogP contribution in [0.2, 0.25) is 0 Å². The summed E-state index contributed by atoms with van der Waals surface area (Å²) in [5.41, 5.74) is 0.404. The highest BCUT2D eigenvalue weighted by Crippen LogP contribution is 2.17. The molecule has 18 heavy (non-hydrogen) atoms.